The Balaban J connectivity index is 1.50. The molecule has 0 atom stereocenters. The van der Waals surface area contributed by atoms with Crippen LogP contribution >= 0.6 is 0 Å². The molecule has 0 heterocycles. The Morgan fingerprint density at radius 1 is 0.385 bits per heavy atom. The van der Waals surface area contributed by atoms with E-state index >= 15 is 0 Å². The minimum absolute atomic E-state index is 0.0969. The molecule has 0 aromatic heterocycles. The maximum absolute atomic E-state index is 2.68. The summed E-state index contributed by atoms with van der Waals surface area (Å²) < 4.78 is 0. The van der Waals surface area contributed by atoms with Crippen molar-refractivity contribution in [2.75, 3.05) is 4.90 Å². The van der Waals surface area contributed by atoms with Crippen LogP contribution in [0.1, 0.15) is 139 Å². The molecule has 0 saturated carbocycles. The summed E-state index contributed by atoms with van der Waals surface area (Å²) in [5.74, 6) is 0. The molecule has 1 nitrogen and oxygen atoms in total. The van der Waals surface area contributed by atoms with Crippen molar-refractivity contribution in [1.29, 1.82) is 0 Å². The summed E-state index contributed by atoms with van der Waals surface area (Å²) in [4.78, 5) is 2.68. The first-order valence-electron chi connectivity index (χ1n) is 19.8. The lowest BCUT2D eigenvalue weighted by Gasteiger charge is -2.44. The molecular formula is C51H59N. The van der Waals surface area contributed by atoms with Gasteiger partial charge in [0, 0.05) is 22.4 Å². The molecule has 0 bridgehead atoms. The number of fused-ring (bicyclic) bond motifs is 5. The van der Waals surface area contributed by atoms with Gasteiger partial charge in [0.1, 0.15) is 0 Å². The number of aryl methyl sites for hydroxylation is 2. The van der Waals surface area contributed by atoms with Crippen molar-refractivity contribution in [1.82, 2.24) is 0 Å². The fourth-order valence-electron chi connectivity index (χ4n) is 10.1. The highest BCUT2D eigenvalue weighted by Crippen LogP contribution is 2.56. The van der Waals surface area contributed by atoms with Crippen LogP contribution in [0.25, 0.3) is 22.3 Å². The highest BCUT2D eigenvalue weighted by atomic mass is 15.2. The normalized spacial score (nSPS) is 19.6. The van der Waals surface area contributed by atoms with Crippen LogP contribution in [0.4, 0.5) is 17.1 Å². The van der Waals surface area contributed by atoms with E-state index in [0.29, 0.717) is 0 Å². The van der Waals surface area contributed by atoms with Crippen molar-refractivity contribution < 1.29 is 0 Å². The van der Waals surface area contributed by atoms with Crippen molar-refractivity contribution >= 4 is 17.1 Å². The van der Waals surface area contributed by atoms with E-state index in [0.717, 1.165) is 0 Å². The molecule has 0 spiro atoms. The third-order valence-corrected chi connectivity index (χ3v) is 13.8. The fourth-order valence-corrected chi connectivity index (χ4v) is 10.1. The Morgan fingerprint density at radius 2 is 0.808 bits per heavy atom. The van der Waals surface area contributed by atoms with Gasteiger partial charge in [0.2, 0.25) is 0 Å². The van der Waals surface area contributed by atoms with Crippen molar-refractivity contribution in [3.63, 3.8) is 0 Å². The number of rotatable bonds is 4. The van der Waals surface area contributed by atoms with Crippen LogP contribution in [0.3, 0.4) is 0 Å². The third-order valence-electron chi connectivity index (χ3n) is 13.8. The molecule has 0 amide bonds. The summed E-state index contributed by atoms with van der Waals surface area (Å²) in [6, 6.07) is 35.6. The summed E-state index contributed by atoms with van der Waals surface area (Å²) >= 11 is 0. The van der Waals surface area contributed by atoms with Crippen molar-refractivity contribution in [2.45, 2.75) is 136 Å². The van der Waals surface area contributed by atoms with E-state index in [1.807, 2.05) is 0 Å². The SMILES string of the molecule is Cc1cc2c(cc1N(c1cc3c(cc1C)C(C)(C)CCC3(C)C)c1cc3c(cc1-c1ccccc1)-c1ccccc1C3(C)C)C(C)(C)CCC2(C)C. The highest BCUT2D eigenvalue weighted by molar-refractivity contribution is 5.96. The topological polar surface area (TPSA) is 3.24 Å². The number of hydrogen-bond acceptors (Lipinski definition) is 1. The number of anilines is 3. The molecule has 0 N–H and O–H groups in total. The lowest BCUT2D eigenvalue weighted by Crippen LogP contribution is -2.35. The van der Waals surface area contributed by atoms with Gasteiger partial charge >= 0.3 is 0 Å². The Kier molecular flexibility index (Phi) is 7.70. The van der Waals surface area contributed by atoms with Gasteiger partial charge in [-0.2, -0.15) is 0 Å². The number of benzene rings is 5. The number of nitrogens with zero attached hydrogens (tertiary/aromatic N) is 1. The molecule has 268 valence electrons. The fraction of sp³-hybridized carbons (Fsp3) is 0.412. The van der Waals surface area contributed by atoms with Gasteiger partial charge in [-0.15, -0.1) is 0 Å². The molecule has 8 rings (SSSR count). The largest absolute Gasteiger partial charge is 0.309 e. The number of hydrogen-bond donors (Lipinski definition) is 0. The van der Waals surface area contributed by atoms with Crippen LogP contribution in [-0.4, -0.2) is 0 Å². The third kappa shape index (κ3) is 5.24. The second-order valence-electron chi connectivity index (χ2n) is 19.7. The lowest BCUT2D eigenvalue weighted by molar-refractivity contribution is 0.331. The molecule has 5 aromatic carbocycles. The summed E-state index contributed by atoms with van der Waals surface area (Å²) in [6.45, 7) is 29.2. The van der Waals surface area contributed by atoms with Gasteiger partial charge in [0.25, 0.3) is 0 Å². The second-order valence-corrected chi connectivity index (χ2v) is 19.7. The van der Waals surface area contributed by atoms with Gasteiger partial charge in [-0.1, -0.05) is 136 Å². The molecule has 5 aromatic rings. The second kappa shape index (κ2) is 11.4. The maximum Gasteiger partial charge on any atom is 0.0543 e. The molecule has 0 saturated heterocycles. The van der Waals surface area contributed by atoms with E-state index in [2.05, 4.69) is 179 Å². The van der Waals surface area contributed by atoms with E-state index in [4.69, 9.17) is 0 Å². The summed E-state index contributed by atoms with van der Waals surface area (Å²) in [5, 5.41) is 0. The molecular weight excluding hydrogens is 627 g/mol. The quantitative estimate of drug-likeness (QED) is 0.182. The van der Waals surface area contributed by atoms with Crippen LogP contribution in [0, 0.1) is 13.8 Å². The average molecular weight is 686 g/mol. The molecule has 0 fully saturated rings. The Bertz CT molecular complexity index is 2150. The molecule has 3 aliphatic carbocycles. The standard InChI is InChI=1S/C51H59N/c1-32-26-40-42(49(7,8)24-22-47(40,3)4)30-44(32)52(45-31-43-41(27-33(45)2)48(5,6)23-25-50(43,9)10)46-29-39-37(28-36(46)34-18-14-13-15-19-34)35-20-16-17-21-38(35)51(39,11)12/h13-21,26-31H,22-25H2,1-12H3. The Hall–Kier alpha value is -4.10. The van der Waals surface area contributed by atoms with Crippen LogP contribution in [-0.2, 0) is 27.1 Å². The Labute approximate surface area is 314 Å². The van der Waals surface area contributed by atoms with Crippen LogP contribution in [0.2, 0.25) is 0 Å². The predicted molar refractivity (Wildman–Crippen MR) is 224 cm³/mol. The monoisotopic (exact) mass is 685 g/mol. The summed E-state index contributed by atoms with van der Waals surface area (Å²) in [5.41, 5.74) is 21.0. The van der Waals surface area contributed by atoms with Gasteiger partial charge in [-0.25, -0.2) is 0 Å². The van der Waals surface area contributed by atoms with E-state index in [1.165, 1.54) is 110 Å². The maximum atomic E-state index is 2.68. The van der Waals surface area contributed by atoms with Gasteiger partial charge in [-0.3, -0.25) is 0 Å². The molecule has 1 heteroatoms. The van der Waals surface area contributed by atoms with E-state index < -0.39 is 0 Å². The minimum Gasteiger partial charge on any atom is -0.309 e. The first-order valence-corrected chi connectivity index (χ1v) is 19.8. The first kappa shape index (κ1) is 35.0. The molecule has 0 aliphatic heterocycles. The van der Waals surface area contributed by atoms with Crippen molar-refractivity contribution in [3.8, 4) is 22.3 Å². The smallest absolute Gasteiger partial charge is 0.0543 e. The highest BCUT2D eigenvalue weighted by Gasteiger charge is 2.42. The zero-order valence-electron chi connectivity index (χ0n) is 33.9. The Morgan fingerprint density at radius 3 is 1.31 bits per heavy atom. The van der Waals surface area contributed by atoms with Crippen molar-refractivity contribution in [3.05, 3.63) is 136 Å². The summed E-state index contributed by atoms with van der Waals surface area (Å²) in [7, 11) is 0. The molecule has 0 unspecified atom stereocenters. The minimum atomic E-state index is -0.116. The molecule has 3 aliphatic rings. The molecule has 52 heavy (non-hydrogen) atoms. The average Bonchev–Trinajstić information content (AvgIpc) is 3.32. The zero-order chi connectivity index (χ0) is 37.2. The lowest BCUT2D eigenvalue weighted by atomic mass is 9.62. The van der Waals surface area contributed by atoms with Gasteiger partial charge in [0.05, 0.1) is 5.69 Å². The van der Waals surface area contributed by atoms with Gasteiger partial charge in [0.15, 0.2) is 0 Å². The van der Waals surface area contributed by atoms with Crippen LogP contribution in [0.15, 0.2) is 91.0 Å². The van der Waals surface area contributed by atoms with Gasteiger partial charge < -0.3 is 4.90 Å². The van der Waals surface area contributed by atoms with E-state index in [9.17, 15) is 0 Å². The van der Waals surface area contributed by atoms with Gasteiger partial charge in [-0.05, 0) is 147 Å². The molecule has 0 radical (unpaired) electrons. The first-order chi connectivity index (χ1) is 24.3. The van der Waals surface area contributed by atoms with Crippen LogP contribution < -0.4 is 4.90 Å². The zero-order valence-corrected chi connectivity index (χ0v) is 33.9. The summed E-state index contributed by atoms with van der Waals surface area (Å²) in [6.07, 6.45) is 4.81. The predicted octanol–water partition coefficient (Wildman–Crippen LogP) is 14.4. The van der Waals surface area contributed by atoms with Crippen molar-refractivity contribution in [2.24, 2.45) is 0 Å². The van der Waals surface area contributed by atoms with E-state index in [1.54, 1.807) is 0 Å². The van der Waals surface area contributed by atoms with Crippen LogP contribution in [0.5, 0.6) is 0 Å². The van der Waals surface area contributed by atoms with E-state index in [-0.39, 0.29) is 27.1 Å².